The Hall–Kier alpha value is -5.14. The summed E-state index contributed by atoms with van der Waals surface area (Å²) in [5.74, 6) is 8.37. The van der Waals surface area contributed by atoms with Crippen LogP contribution in [0.5, 0.6) is 0 Å². The number of benzene rings is 5. The number of hydrogen-bond acceptors (Lipinski definition) is 4. The van der Waals surface area contributed by atoms with Crippen molar-refractivity contribution in [2.75, 3.05) is 0 Å². The van der Waals surface area contributed by atoms with Crippen LogP contribution >= 0.6 is 0 Å². The second-order valence-corrected chi connectivity index (χ2v) is 27.1. The zero-order valence-corrected chi connectivity index (χ0v) is 39.4. The van der Waals surface area contributed by atoms with Gasteiger partial charge in [0.2, 0.25) is 5.71 Å². The van der Waals surface area contributed by atoms with Gasteiger partial charge < -0.3 is 8.98 Å². The number of nitrogens with zero attached hydrogens (tertiary/aromatic N) is 4. The van der Waals surface area contributed by atoms with Crippen LogP contribution in [0.1, 0.15) is 70.2 Å². The SMILES string of the molecule is Cc1ccc2c(n1)oc1c(-c3nc4ccccc4n3-c3c(C(C)C)cccc3C(C)C)[c-]ccc12.[2H]C([2H])(c1ccccc1)c1cc(-c2[c-]cccc2)nc[c]1[Ge]([CH3])([CH3])[CH3].[Ir]. The van der Waals surface area contributed by atoms with Gasteiger partial charge in [-0.25, -0.2) is 4.98 Å². The summed E-state index contributed by atoms with van der Waals surface area (Å²) in [6, 6.07) is 48.8. The van der Waals surface area contributed by atoms with E-state index in [2.05, 4.69) is 120 Å². The minimum absolute atomic E-state index is 0. The van der Waals surface area contributed by atoms with Crippen LogP contribution in [0.2, 0.25) is 17.3 Å². The molecule has 0 amide bonds. The molecule has 0 fully saturated rings. The van der Waals surface area contributed by atoms with E-state index in [1.165, 1.54) is 16.8 Å². The molecule has 0 saturated heterocycles. The smallest absolute Gasteiger partial charge is 0 e. The van der Waals surface area contributed by atoms with Crippen LogP contribution in [0, 0.1) is 19.1 Å². The Balaban J connectivity index is 0.000000192. The summed E-state index contributed by atoms with van der Waals surface area (Å²) in [7, 11) is 0. The van der Waals surface area contributed by atoms with Crippen molar-refractivity contribution >= 4 is 50.8 Å². The van der Waals surface area contributed by atoms with Gasteiger partial charge in [0.15, 0.2) is 0 Å². The van der Waals surface area contributed by atoms with Gasteiger partial charge in [-0.05, 0) is 54.2 Å². The molecule has 0 spiro atoms. The van der Waals surface area contributed by atoms with Gasteiger partial charge in [0.05, 0.1) is 22.4 Å². The summed E-state index contributed by atoms with van der Waals surface area (Å²) in [5, 5.41) is 2.04. The summed E-state index contributed by atoms with van der Waals surface area (Å²) < 4.78 is 27.5. The fraction of sp³-hybridized carbons (Fsp3) is 0.212. The predicted molar refractivity (Wildman–Crippen MR) is 244 cm³/mol. The molecule has 0 N–H and O–H groups in total. The molecular weight excluding hydrogens is 961 g/mol. The third-order valence-electron chi connectivity index (χ3n) is 10.5. The second-order valence-electron chi connectivity index (χ2n) is 16.5. The van der Waals surface area contributed by atoms with Crippen LogP contribution < -0.4 is 4.40 Å². The number of aromatic nitrogens is 4. The van der Waals surface area contributed by atoms with Crippen molar-refractivity contribution in [3.63, 3.8) is 0 Å². The van der Waals surface area contributed by atoms with E-state index in [0.717, 1.165) is 65.7 Å². The summed E-state index contributed by atoms with van der Waals surface area (Å²) >= 11 is -2.30. The first-order valence-electron chi connectivity index (χ1n) is 21.1. The molecule has 9 aromatic rings. The standard InChI is InChI=1S/C31H28N3O.C21H22GeN.Ir/c1-18(2)21-10-8-11-22(19(3)4)28(21)34-27-15-7-6-14-26(27)33-30(34)25-13-9-12-23-24-17-16-20(5)32-31(24)35-29(23)25;1-22(2,3)20-16-23-21(18-12-8-5-9-13-18)15-19(20)14-17-10-6-4-7-11-17;/h6-12,14-19H,1-5H3;4-12,15-16H,14H2,1-3H3;/q2*-1;/i;14D2;. The molecule has 299 valence electrons. The maximum absolute atomic E-state index is 8.85. The van der Waals surface area contributed by atoms with Crippen LogP contribution in [0.15, 0.2) is 138 Å². The average molecular weight is 1010 g/mol. The summed E-state index contributed by atoms with van der Waals surface area (Å²) in [6.07, 6.45) is 0.341. The maximum Gasteiger partial charge on any atom is 0 e. The number of fused-ring (bicyclic) bond motifs is 4. The van der Waals surface area contributed by atoms with Crippen molar-refractivity contribution in [3.05, 3.63) is 174 Å². The molecule has 4 heterocycles. The first-order chi connectivity index (χ1) is 28.7. The molecule has 5 nitrogen and oxygen atoms in total. The van der Waals surface area contributed by atoms with E-state index < -0.39 is 19.6 Å². The van der Waals surface area contributed by atoms with Crippen molar-refractivity contribution in [3.8, 4) is 28.3 Å². The van der Waals surface area contributed by atoms with E-state index in [1.54, 1.807) is 0 Å². The summed E-state index contributed by atoms with van der Waals surface area (Å²) in [6.45, 7) is 11.0. The molecule has 9 rings (SSSR count). The molecule has 0 aliphatic rings. The van der Waals surface area contributed by atoms with E-state index in [1.807, 2.05) is 92.0 Å². The topological polar surface area (TPSA) is 56.7 Å². The van der Waals surface area contributed by atoms with Crippen molar-refractivity contribution < 1.29 is 27.3 Å². The van der Waals surface area contributed by atoms with E-state index in [-0.39, 0.29) is 20.1 Å². The normalized spacial score (nSPS) is 12.4. The number of rotatable bonds is 8. The fourth-order valence-corrected chi connectivity index (χ4v) is 10.5. The Labute approximate surface area is 367 Å². The number of hydrogen-bond donors (Lipinski definition) is 0. The quantitative estimate of drug-likeness (QED) is 0.112. The predicted octanol–water partition coefficient (Wildman–Crippen LogP) is 13.0. The van der Waals surface area contributed by atoms with Gasteiger partial charge in [-0.3, -0.25) is 4.98 Å². The van der Waals surface area contributed by atoms with Gasteiger partial charge >= 0.3 is 144 Å². The van der Waals surface area contributed by atoms with E-state index in [9.17, 15) is 0 Å². The van der Waals surface area contributed by atoms with Crippen LogP contribution in [-0.2, 0) is 26.5 Å². The summed E-state index contributed by atoms with van der Waals surface area (Å²) in [4.78, 5) is 14.4. The maximum atomic E-state index is 8.85. The Kier molecular flexibility index (Phi) is 11.7. The zero-order chi connectivity index (χ0) is 42.3. The molecule has 1 radical (unpaired) electrons. The van der Waals surface area contributed by atoms with Gasteiger partial charge in [-0.1, -0.05) is 69.0 Å². The number of furan rings is 1. The minimum atomic E-state index is -2.30. The first-order valence-corrected chi connectivity index (χ1v) is 27.4. The summed E-state index contributed by atoms with van der Waals surface area (Å²) in [5.41, 5.74) is 12.1. The number of pyridine rings is 2. The number of aryl methyl sites for hydroxylation is 1. The molecule has 4 aromatic heterocycles. The van der Waals surface area contributed by atoms with Gasteiger partial charge in [-0.15, -0.1) is 18.2 Å². The van der Waals surface area contributed by atoms with Crippen LogP contribution in [0.4, 0.5) is 0 Å². The largest absolute Gasteiger partial charge is 0 e. The number of imidazole rings is 1. The van der Waals surface area contributed by atoms with Crippen LogP contribution in [0.3, 0.4) is 0 Å². The molecule has 0 unspecified atom stereocenters. The first kappa shape index (κ1) is 39.3. The van der Waals surface area contributed by atoms with Gasteiger partial charge in [-0.2, -0.15) is 0 Å². The Bertz CT molecular complexity index is 2950. The molecule has 59 heavy (non-hydrogen) atoms. The molecule has 0 aliphatic heterocycles. The average Bonchev–Trinajstić information content (AvgIpc) is 3.82. The molecule has 0 atom stereocenters. The van der Waals surface area contributed by atoms with Crippen molar-refractivity contribution in [1.82, 2.24) is 19.5 Å². The van der Waals surface area contributed by atoms with Crippen LogP contribution in [-0.4, -0.2) is 32.8 Å². The molecule has 0 bridgehead atoms. The van der Waals surface area contributed by atoms with Crippen molar-refractivity contribution in [2.45, 2.75) is 70.1 Å². The minimum Gasteiger partial charge on any atom is 0 e. The Morgan fingerprint density at radius 2 is 1.46 bits per heavy atom. The molecule has 0 aliphatic carbocycles. The monoisotopic (exact) mass is 1020 g/mol. The Morgan fingerprint density at radius 1 is 0.746 bits per heavy atom. The van der Waals surface area contributed by atoms with Gasteiger partial charge in [0, 0.05) is 36.9 Å². The Morgan fingerprint density at radius 3 is 2.15 bits per heavy atom. The van der Waals surface area contributed by atoms with E-state index >= 15 is 0 Å². The fourth-order valence-electron chi connectivity index (χ4n) is 7.60. The second kappa shape index (κ2) is 17.6. The van der Waals surface area contributed by atoms with Gasteiger partial charge in [0.25, 0.3) is 0 Å². The number of para-hydroxylation sites is 3. The van der Waals surface area contributed by atoms with Crippen molar-refractivity contribution in [1.29, 1.82) is 0 Å². The third kappa shape index (κ3) is 8.63. The zero-order valence-electron chi connectivity index (χ0n) is 36.9. The van der Waals surface area contributed by atoms with Gasteiger partial charge in [0.1, 0.15) is 0 Å². The molecular formula is C52H50GeIrN4O-2. The van der Waals surface area contributed by atoms with Crippen molar-refractivity contribution in [2.24, 2.45) is 0 Å². The third-order valence-corrected chi connectivity index (χ3v) is 14.8. The van der Waals surface area contributed by atoms with Crippen LogP contribution in [0.25, 0.3) is 61.4 Å². The van der Waals surface area contributed by atoms with E-state index in [4.69, 9.17) is 12.1 Å². The molecule has 0 saturated carbocycles. The molecule has 5 aromatic carbocycles. The van der Waals surface area contributed by atoms with E-state index in [0.29, 0.717) is 23.1 Å². The molecule has 7 heteroatoms.